The maximum atomic E-state index is 12.1. The van der Waals surface area contributed by atoms with Gasteiger partial charge in [0, 0.05) is 17.7 Å². The van der Waals surface area contributed by atoms with Gasteiger partial charge in [0.05, 0.1) is 0 Å². The molecule has 1 aliphatic rings. The lowest BCUT2D eigenvalue weighted by atomic mass is 9.97. The Kier molecular flexibility index (Phi) is 4.29. The molecule has 0 bridgehead atoms. The van der Waals surface area contributed by atoms with Crippen molar-refractivity contribution < 1.29 is 4.79 Å². The van der Waals surface area contributed by atoms with E-state index in [1.807, 2.05) is 0 Å². The van der Waals surface area contributed by atoms with E-state index in [0.29, 0.717) is 22.4 Å². The van der Waals surface area contributed by atoms with Crippen molar-refractivity contribution in [3.05, 3.63) is 23.5 Å². The Morgan fingerprint density at radius 1 is 1.00 bits per heavy atom. The summed E-state index contributed by atoms with van der Waals surface area (Å²) in [6.07, 6.45) is 5.07. The molecule has 0 aliphatic heterocycles. The third-order valence-electron chi connectivity index (χ3n) is 5.30. The Labute approximate surface area is 124 Å². The summed E-state index contributed by atoms with van der Waals surface area (Å²) in [5, 5.41) is 0. The second-order valence-corrected chi connectivity index (χ2v) is 12.9. The van der Waals surface area contributed by atoms with Gasteiger partial charge in [0.2, 0.25) is 0 Å². The number of carbonyl (C=O) groups excluding carboxylic acids is 1. The lowest BCUT2D eigenvalue weighted by Crippen LogP contribution is -2.52. The van der Waals surface area contributed by atoms with Gasteiger partial charge < -0.3 is 4.23 Å². The molecule has 0 saturated carbocycles. The van der Waals surface area contributed by atoms with Gasteiger partial charge in [0.1, 0.15) is 0 Å². The minimum absolute atomic E-state index is 0.351. The zero-order chi connectivity index (χ0) is 15.1. The van der Waals surface area contributed by atoms with E-state index in [2.05, 4.69) is 58.0 Å². The van der Waals surface area contributed by atoms with Gasteiger partial charge >= 0.3 is 0 Å². The number of ketones is 1. The first kappa shape index (κ1) is 15.6. The van der Waals surface area contributed by atoms with E-state index < -0.39 is 8.24 Å². The predicted molar refractivity (Wildman–Crippen MR) is 88.1 cm³/mol. The largest absolute Gasteiger partial charge is 0.376 e. The highest BCUT2D eigenvalue weighted by Crippen LogP contribution is 2.44. The molecule has 0 spiro atoms. The van der Waals surface area contributed by atoms with E-state index in [1.165, 1.54) is 5.69 Å². The van der Waals surface area contributed by atoms with Crippen LogP contribution in [0.25, 0.3) is 0 Å². The maximum Gasteiger partial charge on any atom is 0.169 e. The molecular formula is C17H29NOSi. The normalized spacial score (nSPS) is 16.4. The molecule has 3 heteroatoms. The van der Waals surface area contributed by atoms with Crippen LogP contribution in [0.15, 0.2) is 12.3 Å². The Bertz CT molecular complexity index is 477. The van der Waals surface area contributed by atoms with Crippen molar-refractivity contribution >= 4 is 14.0 Å². The van der Waals surface area contributed by atoms with Gasteiger partial charge in [-0.25, -0.2) is 0 Å². The van der Waals surface area contributed by atoms with Crippen LogP contribution in [0.4, 0.5) is 0 Å². The van der Waals surface area contributed by atoms with Gasteiger partial charge in [-0.1, -0.05) is 41.5 Å². The van der Waals surface area contributed by atoms with Gasteiger partial charge in [0.25, 0.3) is 0 Å². The average Bonchev–Trinajstić information content (AvgIpc) is 2.74. The Morgan fingerprint density at radius 3 is 2.05 bits per heavy atom. The Hall–Kier alpha value is -0.833. The molecule has 1 aromatic heterocycles. The summed E-state index contributed by atoms with van der Waals surface area (Å²) in [6, 6.07) is 2.09. The number of fused-ring (bicyclic) bond motifs is 1. The van der Waals surface area contributed by atoms with Gasteiger partial charge in [-0.15, -0.1) is 0 Å². The summed E-state index contributed by atoms with van der Waals surface area (Å²) >= 11 is 0. The summed E-state index contributed by atoms with van der Waals surface area (Å²) in [4.78, 5) is 12.1. The first-order chi connectivity index (χ1) is 9.33. The van der Waals surface area contributed by atoms with E-state index in [-0.39, 0.29) is 0 Å². The highest BCUT2D eigenvalue weighted by Gasteiger charge is 2.46. The number of aromatic nitrogens is 1. The summed E-state index contributed by atoms with van der Waals surface area (Å²) in [6.45, 7) is 14.3. The number of carbonyl (C=O) groups is 1. The van der Waals surface area contributed by atoms with Crippen molar-refractivity contribution in [3.63, 3.8) is 0 Å². The highest BCUT2D eigenvalue weighted by molar-refractivity contribution is 6.82. The van der Waals surface area contributed by atoms with E-state index in [1.54, 1.807) is 0 Å². The van der Waals surface area contributed by atoms with E-state index in [0.717, 1.165) is 24.8 Å². The van der Waals surface area contributed by atoms with Crippen molar-refractivity contribution in [3.8, 4) is 0 Å². The second-order valence-electron chi connectivity index (χ2n) is 7.17. The van der Waals surface area contributed by atoms with Crippen LogP contribution in [-0.4, -0.2) is 18.3 Å². The SMILES string of the molecule is CC(C)[Si](C(C)C)(C(C)C)n1ccc2c1CCCC2=O. The number of hydrogen-bond donors (Lipinski definition) is 0. The fourth-order valence-corrected chi connectivity index (χ4v) is 11.4. The molecule has 0 atom stereocenters. The summed E-state index contributed by atoms with van der Waals surface area (Å²) in [5.74, 6) is 0.351. The Morgan fingerprint density at radius 2 is 1.55 bits per heavy atom. The fourth-order valence-electron chi connectivity index (χ4n) is 4.72. The van der Waals surface area contributed by atoms with Crippen molar-refractivity contribution in [2.24, 2.45) is 0 Å². The summed E-state index contributed by atoms with van der Waals surface area (Å²) in [7, 11) is -1.70. The first-order valence-electron chi connectivity index (χ1n) is 8.07. The fraction of sp³-hybridized carbons (Fsp3) is 0.706. The van der Waals surface area contributed by atoms with Gasteiger partial charge in [-0.2, -0.15) is 0 Å². The second kappa shape index (κ2) is 5.51. The van der Waals surface area contributed by atoms with Gasteiger partial charge in [-0.05, 0) is 41.7 Å². The van der Waals surface area contributed by atoms with E-state index in [9.17, 15) is 4.79 Å². The number of hydrogen-bond acceptors (Lipinski definition) is 1. The lowest BCUT2D eigenvalue weighted by molar-refractivity contribution is 0.0972. The molecule has 0 unspecified atom stereocenters. The molecule has 20 heavy (non-hydrogen) atoms. The molecule has 2 rings (SSSR count). The minimum atomic E-state index is -1.70. The zero-order valence-corrected chi connectivity index (χ0v) is 14.9. The van der Waals surface area contributed by atoms with Crippen LogP contribution in [0.3, 0.4) is 0 Å². The predicted octanol–water partition coefficient (Wildman–Crippen LogP) is 5.03. The smallest absolute Gasteiger partial charge is 0.169 e. The van der Waals surface area contributed by atoms with Crippen molar-refractivity contribution in [2.75, 3.05) is 0 Å². The molecule has 0 saturated heterocycles. The Balaban J connectivity index is 2.64. The van der Waals surface area contributed by atoms with Crippen LogP contribution in [0.2, 0.25) is 16.6 Å². The van der Waals surface area contributed by atoms with E-state index >= 15 is 0 Å². The van der Waals surface area contributed by atoms with Crippen molar-refractivity contribution in [1.82, 2.24) is 4.23 Å². The van der Waals surface area contributed by atoms with Crippen LogP contribution in [-0.2, 0) is 6.42 Å². The molecule has 112 valence electrons. The standard InChI is InChI=1S/C17H29NOSi/c1-12(2)20(13(3)4,14(5)6)18-11-10-15-16(18)8-7-9-17(15)19/h10-14H,7-9H2,1-6H3. The maximum absolute atomic E-state index is 12.1. The molecule has 0 fully saturated rings. The van der Waals surface area contributed by atoms with Gasteiger partial charge in [0.15, 0.2) is 14.0 Å². The lowest BCUT2D eigenvalue weighted by Gasteiger charge is -2.45. The monoisotopic (exact) mass is 291 g/mol. The number of nitrogens with zero attached hydrogens (tertiary/aromatic N) is 1. The minimum Gasteiger partial charge on any atom is -0.376 e. The number of Topliss-reactive ketones (excluding diaryl/α,β-unsaturated/α-hetero) is 1. The topological polar surface area (TPSA) is 22.0 Å². The van der Waals surface area contributed by atoms with Crippen LogP contribution in [0, 0.1) is 0 Å². The third-order valence-corrected chi connectivity index (χ3v) is 12.1. The molecule has 0 aromatic carbocycles. The molecular weight excluding hydrogens is 262 g/mol. The summed E-state index contributed by atoms with van der Waals surface area (Å²) in [5.41, 5.74) is 4.38. The number of rotatable bonds is 4. The molecule has 0 radical (unpaired) electrons. The quantitative estimate of drug-likeness (QED) is 0.713. The third kappa shape index (κ3) is 2.11. The van der Waals surface area contributed by atoms with Crippen molar-refractivity contribution in [2.45, 2.75) is 77.4 Å². The van der Waals surface area contributed by atoms with Crippen LogP contribution in [0.5, 0.6) is 0 Å². The molecule has 2 nitrogen and oxygen atoms in total. The molecule has 1 heterocycles. The van der Waals surface area contributed by atoms with Gasteiger partial charge in [-0.3, -0.25) is 4.79 Å². The van der Waals surface area contributed by atoms with Crippen LogP contribution in [0.1, 0.15) is 70.4 Å². The summed E-state index contributed by atoms with van der Waals surface area (Å²) < 4.78 is 2.60. The zero-order valence-electron chi connectivity index (χ0n) is 13.9. The first-order valence-corrected chi connectivity index (χ1v) is 10.2. The van der Waals surface area contributed by atoms with Crippen LogP contribution >= 0.6 is 0 Å². The average molecular weight is 292 g/mol. The molecule has 0 amide bonds. The van der Waals surface area contributed by atoms with E-state index in [4.69, 9.17) is 0 Å². The van der Waals surface area contributed by atoms with Crippen molar-refractivity contribution in [1.29, 1.82) is 0 Å². The molecule has 1 aromatic rings. The molecule has 0 N–H and O–H groups in total. The van der Waals surface area contributed by atoms with Crippen LogP contribution < -0.4 is 0 Å². The molecule has 1 aliphatic carbocycles. The highest BCUT2D eigenvalue weighted by atomic mass is 28.3.